The second-order valence-corrected chi connectivity index (χ2v) is 10.1. The van der Waals surface area contributed by atoms with Crippen LogP contribution in [0.5, 0.6) is 0 Å². The number of carbonyl (C=O) groups is 2. The van der Waals surface area contributed by atoms with Crippen LogP contribution in [0.3, 0.4) is 0 Å². The third-order valence-corrected chi connectivity index (χ3v) is 7.80. The first-order valence-corrected chi connectivity index (χ1v) is 13.2. The van der Waals surface area contributed by atoms with Gasteiger partial charge < -0.3 is 9.64 Å². The summed E-state index contributed by atoms with van der Waals surface area (Å²) in [6.07, 6.45) is 7.04. The highest BCUT2D eigenvalue weighted by molar-refractivity contribution is 5.92. The summed E-state index contributed by atoms with van der Waals surface area (Å²) < 4.78 is 6.68. The SMILES string of the molecule is O=C1OCCc2cc(CCN3CCN(C(=O)C4CCCCc5nc(-n6cnnn6)ccc54)CC3)ccc21. The molecule has 0 N–H and O–H groups in total. The molecule has 3 aromatic rings. The molecule has 1 atom stereocenters. The molecule has 1 fully saturated rings. The zero-order valence-corrected chi connectivity index (χ0v) is 20.9. The van der Waals surface area contributed by atoms with Crippen LogP contribution in [0.1, 0.15) is 57.9 Å². The molecule has 0 radical (unpaired) electrons. The second kappa shape index (κ2) is 10.4. The number of cyclic esters (lactones) is 1. The third-order valence-electron chi connectivity index (χ3n) is 7.80. The van der Waals surface area contributed by atoms with E-state index < -0.39 is 0 Å². The molecule has 192 valence electrons. The van der Waals surface area contributed by atoms with Crippen molar-refractivity contribution in [2.24, 2.45) is 0 Å². The van der Waals surface area contributed by atoms with E-state index in [-0.39, 0.29) is 17.8 Å². The number of rotatable bonds is 5. The van der Waals surface area contributed by atoms with Gasteiger partial charge in [-0.15, -0.1) is 5.10 Å². The maximum atomic E-state index is 13.6. The molecular formula is C27H31N7O3. The Morgan fingerprint density at radius 1 is 1.05 bits per heavy atom. The van der Waals surface area contributed by atoms with Crippen molar-refractivity contribution >= 4 is 11.9 Å². The van der Waals surface area contributed by atoms with Crippen LogP contribution >= 0.6 is 0 Å². The molecule has 1 aromatic carbocycles. The number of pyridine rings is 1. The third kappa shape index (κ3) is 4.98. The molecule has 10 heteroatoms. The molecule has 4 heterocycles. The van der Waals surface area contributed by atoms with Crippen molar-refractivity contribution in [1.82, 2.24) is 35.0 Å². The maximum absolute atomic E-state index is 13.6. The van der Waals surface area contributed by atoms with E-state index in [0.717, 1.165) is 88.1 Å². The van der Waals surface area contributed by atoms with E-state index in [2.05, 4.69) is 26.5 Å². The lowest BCUT2D eigenvalue weighted by molar-refractivity contribution is -0.134. The van der Waals surface area contributed by atoms with Gasteiger partial charge in [-0.3, -0.25) is 9.69 Å². The summed E-state index contributed by atoms with van der Waals surface area (Å²) in [5, 5.41) is 11.3. The quantitative estimate of drug-likeness (QED) is 0.386. The number of benzene rings is 1. The van der Waals surface area contributed by atoms with Crippen LogP contribution < -0.4 is 0 Å². The van der Waals surface area contributed by atoms with Crippen LogP contribution in [0.15, 0.2) is 36.7 Å². The lowest BCUT2D eigenvalue weighted by Crippen LogP contribution is -2.50. The van der Waals surface area contributed by atoms with Gasteiger partial charge in [0.2, 0.25) is 5.91 Å². The van der Waals surface area contributed by atoms with Crippen LogP contribution in [0.2, 0.25) is 0 Å². The maximum Gasteiger partial charge on any atom is 0.338 e. The summed E-state index contributed by atoms with van der Waals surface area (Å²) in [7, 11) is 0. The number of hydrogen-bond acceptors (Lipinski definition) is 8. The Morgan fingerprint density at radius 2 is 1.95 bits per heavy atom. The fourth-order valence-electron chi connectivity index (χ4n) is 5.70. The number of tetrazole rings is 1. The van der Waals surface area contributed by atoms with Gasteiger partial charge >= 0.3 is 5.97 Å². The Morgan fingerprint density at radius 3 is 2.78 bits per heavy atom. The second-order valence-electron chi connectivity index (χ2n) is 10.1. The summed E-state index contributed by atoms with van der Waals surface area (Å²) in [5.74, 6) is 0.556. The highest BCUT2D eigenvalue weighted by atomic mass is 16.5. The van der Waals surface area contributed by atoms with E-state index in [4.69, 9.17) is 9.72 Å². The number of esters is 1. The average Bonchev–Trinajstić information content (AvgIpc) is 3.39. The number of fused-ring (bicyclic) bond motifs is 2. The minimum absolute atomic E-state index is 0.137. The van der Waals surface area contributed by atoms with Crippen LogP contribution in [0.25, 0.3) is 5.82 Å². The average molecular weight is 502 g/mol. The fourth-order valence-corrected chi connectivity index (χ4v) is 5.70. The molecule has 2 aliphatic heterocycles. The van der Waals surface area contributed by atoms with Crippen LogP contribution in [0, 0.1) is 0 Å². The van der Waals surface area contributed by atoms with Crippen molar-refractivity contribution in [3.05, 3.63) is 64.6 Å². The highest BCUT2D eigenvalue weighted by Gasteiger charge is 2.31. The number of hydrogen-bond donors (Lipinski definition) is 0. The number of amides is 1. The van der Waals surface area contributed by atoms with E-state index in [1.807, 2.05) is 29.2 Å². The zero-order chi connectivity index (χ0) is 25.2. The standard InChI is InChI=1S/C27H31N7O3/c35-26(23-3-1-2-4-24-22(23)7-8-25(29-24)34-18-28-30-31-34)33-14-12-32(13-15-33)11-9-19-5-6-21-20(17-19)10-16-37-27(21)36/h5-8,17-18,23H,1-4,9-16H2. The summed E-state index contributed by atoms with van der Waals surface area (Å²) >= 11 is 0. The summed E-state index contributed by atoms with van der Waals surface area (Å²) in [4.78, 5) is 34.8. The molecular weight excluding hydrogens is 470 g/mol. The lowest BCUT2D eigenvalue weighted by atomic mass is 9.93. The molecule has 1 amide bonds. The van der Waals surface area contributed by atoms with Gasteiger partial charge in [0.05, 0.1) is 18.1 Å². The molecule has 1 saturated heterocycles. The van der Waals surface area contributed by atoms with Crippen molar-refractivity contribution in [2.45, 2.75) is 44.4 Å². The van der Waals surface area contributed by atoms with Gasteiger partial charge in [0.15, 0.2) is 5.82 Å². The lowest BCUT2D eigenvalue weighted by Gasteiger charge is -2.36. The molecule has 6 rings (SSSR count). The first-order chi connectivity index (χ1) is 18.2. The zero-order valence-electron chi connectivity index (χ0n) is 20.9. The van der Waals surface area contributed by atoms with Crippen LogP contribution in [-0.4, -0.2) is 86.2 Å². The molecule has 1 unspecified atom stereocenters. The van der Waals surface area contributed by atoms with Gasteiger partial charge in [-0.25, -0.2) is 9.78 Å². The monoisotopic (exact) mass is 501 g/mol. The van der Waals surface area contributed by atoms with Crippen LogP contribution in [-0.2, 0) is 28.8 Å². The molecule has 2 aromatic heterocycles. The predicted molar refractivity (Wildman–Crippen MR) is 134 cm³/mol. The van der Waals surface area contributed by atoms with Gasteiger partial charge in [-0.05, 0) is 64.9 Å². The number of aryl methyl sites for hydroxylation is 1. The number of piperazine rings is 1. The van der Waals surface area contributed by atoms with Crippen molar-refractivity contribution in [2.75, 3.05) is 39.3 Å². The molecule has 3 aliphatic rings. The highest BCUT2D eigenvalue weighted by Crippen LogP contribution is 2.32. The Hall–Kier alpha value is -3.66. The summed E-state index contributed by atoms with van der Waals surface area (Å²) in [6.45, 7) is 4.65. The Bertz CT molecular complexity index is 1290. The van der Waals surface area contributed by atoms with Crippen molar-refractivity contribution in [1.29, 1.82) is 0 Å². The minimum Gasteiger partial charge on any atom is -0.462 e. The van der Waals surface area contributed by atoms with Crippen molar-refractivity contribution in [3.8, 4) is 5.82 Å². The molecule has 0 spiro atoms. The van der Waals surface area contributed by atoms with Crippen molar-refractivity contribution < 1.29 is 14.3 Å². The smallest absolute Gasteiger partial charge is 0.338 e. The molecule has 0 saturated carbocycles. The molecule has 1 aliphatic carbocycles. The first kappa shape index (κ1) is 23.7. The Kier molecular flexibility index (Phi) is 6.65. The number of nitrogens with zero attached hydrogens (tertiary/aromatic N) is 7. The number of ether oxygens (including phenoxy) is 1. The molecule has 10 nitrogen and oxygen atoms in total. The van der Waals surface area contributed by atoms with Gasteiger partial charge in [0.1, 0.15) is 6.33 Å². The fraction of sp³-hybridized carbons (Fsp3) is 0.481. The van der Waals surface area contributed by atoms with Gasteiger partial charge in [0.25, 0.3) is 0 Å². The molecule has 0 bridgehead atoms. The number of aromatic nitrogens is 5. The summed E-state index contributed by atoms with van der Waals surface area (Å²) in [6, 6.07) is 10.0. The van der Waals surface area contributed by atoms with Gasteiger partial charge in [0, 0.05) is 44.8 Å². The predicted octanol–water partition coefficient (Wildman–Crippen LogP) is 1.97. The largest absolute Gasteiger partial charge is 0.462 e. The molecule has 37 heavy (non-hydrogen) atoms. The van der Waals surface area contributed by atoms with Crippen LogP contribution in [0.4, 0.5) is 0 Å². The van der Waals surface area contributed by atoms with E-state index >= 15 is 0 Å². The summed E-state index contributed by atoms with van der Waals surface area (Å²) in [5.41, 5.74) is 5.07. The Balaban J connectivity index is 1.06. The first-order valence-electron chi connectivity index (χ1n) is 13.2. The van der Waals surface area contributed by atoms with E-state index in [1.165, 1.54) is 11.9 Å². The van der Waals surface area contributed by atoms with E-state index in [9.17, 15) is 9.59 Å². The van der Waals surface area contributed by atoms with E-state index in [0.29, 0.717) is 18.0 Å². The van der Waals surface area contributed by atoms with Gasteiger partial charge in [-0.2, -0.15) is 4.68 Å². The Labute approximate surface area is 215 Å². The topological polar surface area (TPSA) is 106 Å². The number of carbonyl (C=O) groups excluding carboxylic acids is 2. The van der Waals surface area contributed by atoms with E-state index in [1.54, 1.807) is 4.68 Å². The minimum atomic E-state index is -0.214. The van der Waals surface area contributed by atoms with Crippen molar-refractivity contribution in [3.63, 3.8) is 0 Å². The normalized spacial score (nSPS) is 20.1. The van der Waals surface area contributed by atoms with Gasteiger partial charge in [-0.1, -0.05) is 24.6 Å².